The third-order valence-electron chi connectivity index (χ3n) is 3.47. The summed E-state index contributed by atoms with van der Waals surface area (Å²) >= 11 is 3.22. The van der Waals surface area contributed by atoms with Crippen molar-refractivity contribution in [2.24, 2.45) is 0 Å². The highest BCUT2D eigenvalue weighted by Gasteiger charge is 2.25. The van der Waals surface area contributed by atoms with Crippen LogP contribution in [0, 0.1) is 10.1 Å². The molecule has 1 aromatic heterocycles. The van der Waals surface area contributed by atoms with Gasteiger partial charge in [-0.1, -0.05) is 19.3 Å². The van der Waals surface area contributed by atoms with Gasteiger partial charge in [0.15, 0.2) is 0 Å². The molecule has 2 rings (SSSR count). The minimum absolute atomic E-state index is 0.0671. The normalized spacial score (nSPS) is 16.6. The van der Waals surface area contributed by atoms with Crippen LogP contribution in [0.4, 0.5) is 11.5 Å². The molecule has 0 bridgehead atoms. The maximum atomic E-state index is 11.1. The second kappa shape index (κ2) is 5.65. The Balaban J connectivity index is 2.28. The molecule has 6 heteroatoms. The first-order valence-electron chi connectivity index (χ1n) is 6.12. The number of pyridine rings is 1. The zero-order valence-electron chi connectivity index (χ0n) is 10.3. The molecule has 1 aromatic rings. The van der Waals surface area contributed by atoms with Gasteiger partial charge in [-0.3, -0.25) is 10.1 Å². The van der Waals surface area contributed by atoms with E-state index in [2.05, 4.69) is 20.9 Å². The van der Waals surface area contributed by atoms with Crippen molar-refractivity contribution in [3.05, 3.63) is 26.9 Å². The van der Waals surface area contributed by atoms with Crippen LogP contribution in [-0.4, -0.2) is 23.0 Å². The summed E-state index contributed by atoms with van der Waals surface area (Å²) in [5.74, 6) is 0.468. The smallest absolute Gasteiger partial charge is 0.312 e. The number of rotatable bonds is 3. The SMILES string of the molecule is CN(c1ncc(Br)cc1[N+](=O)[O-])C1CCCCC1. The minimum atomic E-state index is -0.369. The molecule has 1 saturated carbocycles. The first kappa shape index (κ1) is 13.3. The van der Waals surface area contributed by atoms with Crippen molar-refractivity contribution in [3.63, 3.8) is 0 Å². The number of halogens is 1. The van der Waals surface area contributed by atoms with Crippen LogP contribution in [0.15, 0.2) is 16.7 Å². The van der Waals surface area contributed by atoms with Crippen molar-refractivity contribution < 1.29 is 4.92 Å². The second-order valence-electron chi connectivity index (χ2n) is 4.66. The summed E-state index contributed by atoms with van der Waals surface area (Å²) in [5.41, 5.74) is 0.0671. The third-order valence-corrected chi connectivity index (χ3v) is 3.90. The number of hydrogen-bond acceptors (Lipinski definition) is 4. The Bertz CT molecular complexity index is 447. The summed E-state index contributed by atoms with van der Waals surface area (Å²) < 4.78 is 0.634. The number of hydrogen-bond donors (Lipinski definition) is 0. The molecule has 0 N–H and O–H groups in total. The van der Waals surface area contributed by atoms with Crippen LogP contribution < -0.4 is 4.90 Å². The van der Waals surface area contributed by atoms with Gasteiger partial charge < -0.3 is 4.90 Å². The summed E-state index contributed by atoms with van der Waals surface area (Å²) in [6.07, 6.45) is 7.44. The lowest BCUT2D eigenvalue weighted by atomic mass is 9.94. The van der Waals surface area contributed by atoms with E-state index in [9.17, 15) is 10.1 Å². The number of anilines is 1. The van der Waals surface area contributed by atoms with E-state index in [-0.39, 0.29) is 10.6 Å². The van der Waals surface area contributed by atoms with Crippen LogP contribution in [0.1, 0.15) is 32.1 Å². The van der Waals surface area contributed by atoms with Crippen molar-refractivity contribution in [3.8, 4) is 0 Å². The van der Waals surface area contributed by atoms with Crippen molar-refractivity contribution in [2.75, 3.05) is 11.9 Å². The molecule has 0 amide bonds. The predicted octanol–water partition coefficient (Wildman–Crippen LogP) is 3.52. The minimum Gasteiger partial charge on any atom is -0.351 e. The van der Waals surface area contributed by atoms with Crippen LogP contribution in [0.25, 0.3) is 0 Å². The fraction of sp³-hybridized carbons (Fsp3) is 0.583. The fourth-order valence-electron chi connectivity index (χ4n) is 2.47. The molecule has 0 saturated heterocycles. The average molecular weight is 314 g/mol. The highest BCUT2D eigenvalue weighted by atomic mass is 79.9. The lowest BCUT2D eigenvalue weighted by Crippen LogP contribution is -2.34. The van der Waals surface area contributed by atoms with Gasteiger partial charge in [0.05, 0.1) is 4.92 Å². The maximum Gasteiger partial charge on any atom is 0.312 e. The molecule has 1 aliphatic carbocycles. The van der Waals surface area contributed by atoms with Crippen LogP contribution in [-0.2, 0) is 0 Å². The van der Waals surface area contributed by atoms with Gasteiger partial charge in [0, 0.05) is 29.8 Å². The molecule has 18 heavy (non-hydrogen) atoms. The van der Waals surface area contributed by atoms with Crippen LogP contribution in [0.3, 0.4) is 0 Å². The molecule has 1 fully saturated rings. The Hall–Kier alpha value is -1.17. The number of nitrogens with zero attached hydrogens (tertiary/aromatic N) is 3. The van der Waals surface area contributed by atoms with Gasteiger partial charge in [-0.05, 0) is 28.8 Å². The maximum absolute atomic E-state index is 11.1. The van der Waals surface area contributed by atoms with Crippen molar-refractivity contribution in [1.82, 2.24) is 4.98 Å². The third kappa shape index (κ3) is 2.80. The molecule has 0 unspecified atom stereocenters. The Morgan fingerprint density at radius 1 is 1.44 bits per heavy atom. The van der Waals surface area contributed by atoms with Crippen molar-refractivity contribution in [1.29, 1.82) is 0 Å². The molecular weight excluding hydrogens is 298 g/mol. The van der Waals surface area contributed by atoms with E-state index in [0.29, 0.717) is 16.3 Å². The Morgan fingerprint density at radius 3 is 2.72 bits per heavy atom. The van der Waals surface area contributed by atoms with E-state index < -0.39 is 0 Å². The highest BCUT2D eigenvalue weighted by Crippen LogP contribution is 2.32. The summed E-state index contributed by atoms with van der Waals surface area (Å²) in [5, 5.41) is 11.1. The molecule has 0 radical (unpaired) electrons. The van der Waals surface area contributed by atoms with E-state index in [4.69, 9.17) is 0 Å². The molecular formula is C12H16BrN3O2. The lowest BCUT2D eigenvalue weighted by Gasteiger charge is -2.31. The van der Waals surface area contributed by atoms with Gasteiger partial charge in [0.25, 0.3) is 0 Å². The summed E-state index contributed by atoms with van der Waals surface area (Å²) in [6.45, 7) is 0. The van der Waals surface area contributed by atoms with E-state index >= 15 is 0 Å². The average Bonchev–Trinajstić information content (AvgIpc) is 2.39. The standard InChI is InChI=1S/C12H16BrN3O2/c1-15(10-5-3-2-4-6-10)12-11(16(17)18)7-9(13)8-14-12/h7-8,10H,2-6H2,1H3. The van der Waals surface area contributed by atoms with Crippen LogP contribution in [0.2, 0.25) is 0 Å². The predicted molar refractivity (Wildman–Crippen MR) is 73.9 cm³/mol. The van der Waals surface area contributed by atoms with Gasteiger partial charge in [0.2, 0.25) is 5.82 Å². The monoisotopic (exact) mass is 313 g/mol. The Kier molecular flexibility index (Phi) is 4.16. The van der Waals surface area contributed by atoms with E-state index in [0.717, 1.165) is 12.8 Å². The van der Waals surface area contributed by atoms with Gasteiger partial charge in [-0.15, -0.1) is 0 Å². The first-order chi connectivity index (χ1) is 8.59. The number of aromatic nitrogens is 1. The van der Waals surface area contributed by atoms with E-state index in [1.165, 1.54) is 25.3 Å². The van der Waals surface area contributed by atoms with E-state index in [1.54, 1.807) is 6.20 Å². The summed E-state index contributed by atoms with van der Waals surface area (Å²) in [6, 6.07) is 1.88. The second-order valence-corrected chi connectivity index (χ2v) is 5.57. The largest absolute Gasteiger partial charge is 0.351 e. The number of nitro groups is 1. The molecule has 0 aromatic carbocycles. The van der Waals surface area contributed by atoms with Gasteiger partial charge in [-0.25, -0.2) is 4.98 Å². The summed E-state index contributed by atoms with van der Waals surface area (Å²) in [7, 11) is 1.90. The lowest BCUT2D eigenvalue weighted by molar-refractivity contribution is -0.384. The molecule has 0 atom stereocenters. The zero-order valence-corrected chi connectivity index (χ0v) is 11.9. The molecule has 0 aliphatic heterocycles. The molecule has 1 heterocycles. The summed E-state index contributed by atoms with van der Waals surface area (Å²) in [4.78, 5) is 16.9. The van der Waals surface area contributed by atoms with Crippen molar-refractivity contribution in [2.45, 2.75) is 38.1 Å². The van der Waals surface area contributed by atoms with Crippen molar-refractivity contribution >= 4 is 27.4 Å². The molecule has 1 aliphatic rings. The van der Waals surface area contributed by atoms with E-state index in [1.807, 2.05) is 11.9 Å². The Morgan fingerprint density at radius 2 is 2.11 bits per heavy atom. The molecule has 5 nitrogen and oxygen atoms in total. The molecule has 98 valence electrons. The first-order valence-corrected chi connectivity index (χ1v) is 6.91. The van der Waals surface area contributed by atoms with Gasteiger partial charge >= 0.3 is 5.69 Å². The topological polar surface area (TPSA) is 59.3 Å². The quantitative estimate of drug-likeness (QED) is 0.632. The van der Waals surface area contributed by atoms with Gasteiger partial charge in [-0.2, -0.15) is 0 Å². The highest BCUT2D eigenvalue weighted by molar-refractivity contribution is 9.10. The fourth-order valence-corrected chi connectivity index (χ4v) is 2.79. The van der Waals surface area contributed by atoms with Crippen LogP contribution in [0.5, 0.6) is 0 Å². The zero-order chi connectivity index (χ0) is 13.1. The van der Waals surface area contributed by atoms with Crippen LogP contribution >= 0.6 is 15.9 Å². The molecule has 0 spiro atoms. The van der Waals surface area contributed by atoms with Gasteiger partial charge in [0.1, 0.15) is 0 Å². The Labute approximate surface area is 114 Å².